The zero-order valence-corrected chi connectivity index (χ0v) is 12.6. The number of carbonyl (C=O) groups is 1. The summed E-state index contributed by atoms with van der Waals surface area (Å²) in [5, 5.41) is 16.6. The second kappa shape index (κ2) is 7.26. The molecule has 2 aromatic carbocycles. The number of anilines is 1. The predicted octanol–water partition coefficient (Wildman–Crippen LogP) is 2.65. The molecule has 114 valence electrons. The van der Waals surface area contributed by atoms with Gasteiger partial charge < -0.3 is 10.4 Å². The topological polar surface area (TPSA) is 73.7 Å². The molecule has 0 saturated carbocycles. The number of phenolic OH excluding ortho intramolecular Hbond substituents is 1. The molecular formula is C17H19N3O2. The maximum Gasteiger partial charge on any atom is 0.262 e. The summed E-state index contributed by atoms with van der Waals surface area (Å²) in [7, 11) is 0. The molecule has 1 amide bonds. The van der Waals surface area contributed by atoms with Crippen LogP contribution < -0.4 is 10.7 Å². The Kier molecular flexibility index (Phi) is 5.14. The van der Waals surface area contributed by atoms with Gasteiger partial charge in [-0.15, -0.1) is 0 Å². The Morgan fingerprint density at radius 2 is 1.86 bits per heavy atom. The van der Waals surface area contributed by atoms with Gasteiger partial charge in [0.15, 0.2) is 0 Å². The second-order valence-electron chi connectivity index (χ2n) is 4.97. The molecule has 5 nitrogen and oxygen atoms in total. The molecule has 5 heteroatoms. The quantitative estimate of drug-likeness (QED) is 0.587. The molecule has 0 bridgehead atoms. The number of rotatable bonds is 5. The number of hydrogen-bond donors (Lipinski definition) is 3. The first-order valence-corrected chi connectivity index (χ1v) is 7.01. The van der Waals surface area contributed by atoms with Gasteiger partial charge in [0.2, 0.25) is 0 Å². The molecule has 0 heterocycles. The van der Waals surface area contributed by atoms with E-state index in [0.717, 1.165) is 11.3 Å². The van der Waals surface area contributed by atoms with Crippen LogP contribution in [0.4, 0.5) is 5.69 Å². The van der Waals surface area contributed by atoms with Crippen LogP contribution in [-0.2, 0) is 4.79 Å². The molecule has 2 aromatic rings. The van der Waals surface area contributed by atoms with Crippen molar-refractivity contribution in [3.8, 4) is 5.75 Å². The number of aromatic hydroxyl groups is 1. The first-order valence-electron chi connectivity index (χ1n) is 7.01. The van der Waals surface area contributed by atoms with Gasteiger partial charge in [-0.05, 0) is 37.6 Å². The van der Waals surface area contributed by atoms with Crippen LogP contribution in [0, 0.1) is 6.92 Å². The van der Waals surface area contributed by atoms with Crippen LogP contribution in [0.3, 0.4) is 0 Å². The first kappa shape index (κ1) is 15.6. The summed E-state index contributed by atoms with van der Waals surface area (Å²) in [5.41, 5.74) is 4.98. The van der Waals surface area contributed by atoms with Crippen molar-refractivity contribution in [1.82, 2.24) is 5.43 Å². The number of benzene rings is 2. The van der Waals surface area contributed by atoms with Gasteiger partial charge in [0.1, 0.15) is 11.8 Å². The third-order valence-electron chi connectivity index (χ3n) is 3.23. The van der Waals surface area contributed by atoms with Crippen LogP contribution in [0.2, 0.25) is 0 Å². The molecule has 0 aliphatic carbocycles. The van der Waals surface area contributed by atoms with Gasteiger partial charge in [-0.25, -0.2) is 5.43 Å². The Balaban J connectivity index is 1.92. The minimum absolute atomic E-state index is 0.117. The molecule has 0 aromatic heterocycles. The van der Waals surface area contributed by atoms with E-state index in [1.165, 1.54) is 6.21 Å². The van der Waals surface area contributed by atoms with Crippen LogP contribution in [0.15, 0.2) is 53.6 Å². The molecule has 2 rings (SSSR count). The molecule has 0 saturated heterocycles. The number of aryl methyl sites for hydroxylation is 1. The van der Waals surface area contributed by atoms with Gasteiger partial charge in [0.05, 0.1) is 6.21 Å². The van der Waals surface area contributed by atoms with Gasteiger partial charge in [-0.2, -0.15) is 5.10 Å². The number of para-hydroxylation sites is 2. The normalized spacial score (nSPS) is 12.1. The Bertz CT molecular complexity index is 683. The highest BCUT2D eigenvalue weighted by atomic mass is 16.3. The summed E-state index contributed by atoms with van der Waals surface area (Å²) in [6.07, 6.45) is 1.41. The number of hydrazone groups is 1. The van der Waals surface area contributed by atoms with E-state index in [9.17, 15) is 9.90 Å². The van der Waals surface area contributed by atoms with E-state index in [0.29, 0.717) is 5.56 Å². The lowest BCUT2D eigenvalue weighted by atomic mass is 10.2. The van der Waals surface area contributed by atoms with Crippen LogP contribution in [0.1, 0.15) is 18.1 Å². The number of nitrogens with zero attached hydrogens (tertiary/aromatic N) is 1. The fourth-order valence-corrected chi connectivity index (χ4v) is 1.89. The predicted molar refractivity (Wildman–Crippen MR) is 88.1 cm³/mol. The Hall–Kier alpha value is -2.82. The SMILES string of the molecule is Cc1ccccc1NC(C)C(=O)NN=Cc1ccccc1O. The van der Waals surface area contributed by atoms with Crippen molar-refractivity contribution >= 4 is 17.8 Å². The van der Waals surface area contributed by atoms with Crippen molar-refractivity contribution < 1.29 is 9.90 Å². The Morgan fingerprint density at radius 1 is 1.18 bits per heavy atom. The average molecular weight is 297 g/mol. The maximum atomic E-state index is 12.0. The lowest BCUT2D eigenvalue weighted by Crippen LogP contribution is -2.35. The first-order chi connectivity index (χ1) is 10.6. The van der Waals surface area contributed by atoms with Gasteiger partial charge in [-0.1, -0.05) is 30.3 Å². The van der Waals surface area contributed by atoms with Crippen LogP contribution >= 0.6 is 0 Å². The van der Waals surface area contributed by atoms with Gasteiger partial charge in [0.25, 0.3) is 5.91 Å². The number of hydrogen-bond acceptors (Lipinski definition) is 4. The minimum Gasteiger partial charge on any atom is -0.507 e. The number of amides is 1. The molecule has 0 spiro atoms. The van der Waals surface area contributed by atoms with Gasteiger partial charge >= 0.3 is 0 Å². The van der Waals surface area contributed by atoms with E-state index in [-0.39, 0.29) is 11.7 Å². The molecule has 0 fully saturated rings. The van der Waals surface area contributed by atoms with E-state index < -0.39 is 6.04 Å². The van der Waals surface area contributed by atoms with Crippen LogP contribution in [0.5, 0.6) is 5.75 Å². The zero-order chi connectivity index (χ0) is 15.9. The van der Waals surface area contributed by atoms with E-state index in [2.05, 4.69) is 15.8 Å². The summed E-state index contributed by atoms with van der Waals surface area (Å²) in [6, 6.07) is 14.1. The van der Waals surface area contributed by atoms with E-state index in [1.807, 2.05) is 31.2 Å². The molecule has 1 atom stereocenters. The van der Waals surface area contributed by atoms with Gasteiger partial charge in [-0.3, -0.25) is 4.79 Å². The lowest BCUT2D eigenvalue weighted by molar-refractivity contribution is -0.121. The third-order valence-corrected chi connectivity index (χ3v) is 3.23. The Labute approximate surface area is 129 Å². The molecule has 1 unspecified atom stereocenters. The zero-order valence-electron chi connectivity index (χ0n) is 12.6. The maximum absolute atomic E-state index is 12.0. The minimum atomic E-state index is -0.428. The van der Waals surface area contributed by atoms with E-state index >= 15 is 0 Å². The fraction of sp³-hybridized carbons (Fsp3) is 0.176. The average Bonchev–Trinajstić information content (AvgIpc) is 2.51. The third kappa shape index (κ3) is 4.09. The highest BCUT2D eigenvalue weighted by Gasteiger charge is 2.12. The number of phenols is 1. The van der Waals surface area contributed by atoms with Crippen LogP contribution in [-0.4, -0.2) is 23.3 Å². The highest BCUT2D eigenvalue weighted by Crippen LogP contribution is 2.14. The summed E-state index contributed by atoms with van der Waals surface area (Å²) >= 11 is 0. The van der Waals surface area contributed by atoms with Gasteiger partial charge in [0, 0.05) is 11.3 Å². The standard InChI is InChI=1S/C17H19N3O2/c1-12-7-3-5-9-15(12)19-13(2)17(22)20-18-11-14-8-4-6-10-16(14)21/h3-11,13,19,21H,1-2H3,(H,20,22). The summed E-state index contributed by atoms with van der Waals surface area (Å²) in [5.74, 6) is -0.137. The van der Waals surface area contributed by atoms with Crippen molar-refractivity contribution in [2.45, 2.75) is 19.9 Å². The van der Waals surface area contributed by atoms with Crippen molar-refractivity contribution in [1.29, 1.82) is 0 Å². The Morgan fingerprint density at radius 3 is 2.59 bits per heavy atom. The highest BCUT2D eigenvalue weighted by molar-refractivity contribution is 5.87. The lowest BCUT2D eigenvalue weighted by Gasteiger charge is -2.15. The van der Waals surface area contributed by atoms with Crippen molar-refractivity contribution in [2.24, 2.45) is 5.10 Å². The van der Waals surface area contributed by atoms with Crippen molar-refractivity contribution in [3.05, 3.63) is 59.7 Å². The summed E-state index contributed by atoms with van der Waals surface area (Å²) in [4.78, 5) is 12.0. The smallest absolute Gasteiger partial charge is 0.262 e. The van der Waals surface area contributed by atoms with Crippen LogP contribution in [0.25, 0.3) is 0 Å². The molecular weight excluding hydrogens is 278 g/mol. The van der Waals surface area contributed by atoms with Crippen molar-refractivity contribution in [2.75, 3.05) is 5.32 Å². The molecule has 0 radical (unpaired) electrons. The fourth-order valence-electron chi connectivity index (χ4n) is 1.89. The van der Waals surface area contributed by atoms with Crippen molar-refractivity contribution in [3.63, 3.8) is 0 Å². The monoisotopic (exact) mass is 297 g/mol. The summed E-state index contributed by atoms with van der Waals surface area (Å²) < 4.78 is 0. The number of carbonyl (C=O) groups excluding carboxylic acids is 1. The van der Waals surface area contributed by atoms with E-state index in [1.54, 1.807) is 31.2 Å². The number of nitrogens with one attached hydrogen (secondary N) is 2. The molecule has 0 aliphatic rings. The second-order valence-corrected chi connectivity index (χ2v) is 4.97. The molecule has 22 heavy (non-hydrogen) atoms. The summed E-state index contributed by atoms with van der Waals surface area (Å²) in [6.45, 7) is 3.74. The van der Waals surface area contributed by atoms with E-state index in [4.69, 9.17) is 0 Å². The molecule has 0 aliphatic heterocycles. The molecule has 3 N–H and O–H groups in total. The largest absolute Gasteiger partial charge is 0.507 e.